The summed E-state index contributed by atoms with van der Waals surface area (Å²) in [6.45, 7) is 8.92. The molecular formula is C13H31NO5Si. The SMILES string of the molecule is CCO[Si](OCC)(OC(C)(CCO)CCO)C(C)CN. The standard InChI is InChI=1S/C13H31NO5Si/c1-5-17-20(18-6-2,12(3)11-14)19-13(4,7-9-15)8-10-16/h12,15-16H,5-11,14H2,1-4H3. The Balaban J connectivity index is 5.25. The Kier molecular flexibility index (Phi) is 9.82. The fourth-order valence-electron chi connectivity index (χ4n) is 2.08. The van der Waals surface area contributed by atoms with Crippen LogP contribution in [-0.4, -0.2) is 57.6 Å². The van der Waals surface area contributed by atoms with Gasteiger partial charge in [0.2, 0.25) is 0 Å². The Morgan fingerprint density at radius 2 is 1.55 bits per heavy atom. The van der Waals surface area contributed by atoms with Crippen LogP contribution in [0.1, 0.15) is 40.5 Å². The highest BCUT2D eigenvalue weighted by Gasteiger charge is 2.50. The van der Waals surface area contributed by atoms with Crippen molar-refractivity contribution in [2.75, 3.05) is 33.0 Å². The number of hydrogen-bond acceptors (Lipinski definition) is 6. The number of hydrogen-bond donors (Lipinski definition) is 3. The normalized spacial score (nSPS) is 14.6. The lowest BCUT2D eigenvalue weighted by molar-refractivity contribution is -0.0469. The number of nitrogens with two attached hydrogens (primary N) is 1. The molecule has 0 bridgehead atoms. The van der Waals surface area contributed by atoms with E-state index in [0.717, 1.165) is 0 Å². The van der Waals surface area contributed by atoms with Crippen LogP contribution >= 0.6 is 0 Å². The highest BCUT2D eigenvalue weighted by atomic mass is 28.4. The molecule has 1 atom stereocenters. The Bertz CT molecular complexity index is 243. The van der Waals surface area contributed by atoms with Crippen molar-refractivity contribution in [2.45, 2.75) is 51.7 Å². The maximum absolute atomic E-state index is 9.23. The number of rotatable bonds is 12. The molecule has 0 heterocycles. The maximum Gasteiger partial charge on any atom is 0.505 e. The van der Waals surface area contributed by atoms with E-state index in [-0.39, 0.29) is 18.8 Å². The minimum atomic E-state index is -2.96. The molecule has 20 heavy (non-hydrogen) atoms. The summed E-state index contributed by atoms with van der Waals surface area (Å²) < 4.78 is 18.0. The van der Waals surface area contributed by atoms with Gasteiger partial charge >= 0.3 is 8.80 Å². The van der Waals surface area contributed by atoms with Gasteiger partial charge in [-0.25, -0.2) is 0 Å². The average Bonchev–Trinajstić information content (AvgIpc) is 2.38. The molecule has 0 fully saturated rings. The van der Waals surface area contributed by atoms with Crippen LogP contribution in [0.25, 0.3) is 0 Å². The van der Waals surface area contributed by atoms with Crippen LogP contribution < -0.4 is 5.73 Å². The quantitative estimate of drug-likeness (QED) is 0.464. The molecule has 0 aromatic carbocycles. The van der Waals surface area contributed by atoms with Gasteiger partial charge in [0.05, 0.1) is 5.60 Å². The van der Waals surface area contributed by atoms with E-state index < -0.39 is 14.4 Å². The fourth-order valence-corrected chi connectivity index (χ4v) is 5.03. The molecule has 0 saturated heterocycles. The first-order chi connectivity index (χ1) is 9.43. The van der Waals surface area contributed by atoms with Gasteiger partial charge in [-0.15, -0.1) is 0 Å². The topological polar surface area (TPSA) is 94.2 Å². The van der Waals surface area contributed by atoms with Crippen molar-refractivity contribution in [3.8, 4) is 0 Å². The first-order valence-electron chi connectivity index (χ1n) is 7.33. The predicted octanol–water partition coefficient (Wildman–Crippen LogP) is 0.887. The smallest absolute Gasteiger partial charge is 0.396 e. The maximum atomic E-state index is 9.23. The largest absolute Gasteiger partial charge is 0.505 e. The van der Waals surface area contributed by atoms with Crippen molar-refractivity contribution in [2.24, 2.45) is 5.73 Å². The summed E-state index contributed by atoms with van der Waals surface area (Å²) in [6, 6.07) is 0. The monoisotopic (exact) mass is 309 g/mol. The molecule has 6 nitrogen and oxygen atoms in total. The van der Waals surface area contributed by atoms with Gasteiger partial charge in [-0.2, -0.15) is 0 Å². The van der Waals surface area contributed by atoms with Crippen LogP contribution in [-0.2, 0) is 13.3 Å². The molecule has 122 valence electrons. The zero-order valence-corrected chi connectivity index (χ0v) is 14.2. The van der Waals surface area contributed by atoms with E-state index in [0.29, 0.717) is 32.6 Å². The van der Waals surface area contributed by atoms with Crippen molar-refractivity contribution < 1.29 is 23.5 Å². The molecule has 0 aromatic rings. The Hall–Kier alpha value is -0.0231. The number of aliphatic hydroxyl groups is 2. The van der Waals surface area contributed by atoms with E-state index in [2.05, 4.69) is 0 Å². The predicted molar refractivity (Wildman–Crippen MR) is 80.4 cm³/mol. The van der Waals surface area contributed by atoms with Crippen LogP contribution in [0.2, 0.25) is 5.54 Å². The zero-order valence-electron chi connectivity index (χ0n) is 13.2. The molecule has 1 unspecified atom stereocenters. The fraction of sp³-hybridized carbons (Fsp3) is 1.00. The Morgan fingerprint density at radius 1 is 1.10 bits per heavy atom. The van der Waals surface area contributed by atoms with E-state index in [1.807, 2.05) is 27.7 Å². The van der Waals surface area contributed by atoms with Gasteiger partial charge in [-0.1, -0.05) is 6.92 Å². The van der Waals surface area contributed by atoms with Crippen LogP contribution in [0.15, 0.2) is 0 Å². The van der Waals surface area contributed by atoms with E-state index in [9.17, 15) is 10.2 Å². The van der Waals surface area contributed by atoms with E-state index in [4.69, 9.17) is 19.0 Å². The van der Waals surface area contributed by atoms with Gasteiger partial charge in [0.1, 0.15) is 0 Å². The summed E-state index contributed by atoms with van der Waals surface area (Å²) >= 11 is 0. The van der Waals surface area contributed by atoms with E-state index >= 15 is 0 Å². The highest BCUT2D eigenvalue weighted by molar-refractivity contribution is 6.62. The molecular weight excluding hydrogens is 278 g/mol. The van der Waals surface area contributed by atoms with Crippen molar-refractivity contribution in [1.82, 2.24) is 0 Å². The molecule has 7 heteroatoms. The minimum absolute atomic E-state index is 0.0176. The molecule has 0 saturated carbocycles. The van der Waals surface area contributed by atoms with Gasteiger partial charge in [-0.3, -0.25) is 0 Å². The summed E-state index contributed by atoms with van der Waals surface area (Å²) in [5.41, 5.74) is 5.06. The lowest BCUT2D eigenvalue weighted by Gasteiger charge is -2.41. The minimum Gasteiger partial charge on any atom is -0.396 e. The van der Waals surface area contributed by atoms with Crippen LogP contribution in [0.5, 0.6) is 0 Å². The Morgan fingerprint density at radius 3 is 1.85 bits per heavy atom. The molecule has 0 aliphatic rings. The second-order valence-electron chi connectivity index (χ2n) is 5.11. The first kappa shape index (κ1) is 20.0. The van der Waals surface area contributed by atoms with Crippen molar-refractivity contribution in [3.05, 3.63) is 0 Å². The van der Waals surface area contributed by atoms with Crippen LogP contribution in [0.3, 0.4) is 0 Å². The first-order valence-corrected chi connectivity index (χ1v) is 9.13. The van der Waals surface area contributed by atoms with Gasteiger partial charge in [0, 0.05) is 32.0 Å². The highest BCUT2D eigenvalue weighted by Crippen LogP contribution is 2.33. The van der Waals surface area contributed by atoms with Crippen molar-refractivity contribution in [3.63, 3.8) is 0 Å². The second-order valence-corrected chi connectivity index (χ2v) is 8.08. The second kappa shape index (κ2) is 9.83. The van der Waals surface area contributed by atoms with Crippen LogP contribution in [0.4, 0.5) is 0 Å². The van der Waals surface area contributed by atoms with Crippen molar-refractivity contribution in [1.29, 1.82) is 0 Å². The summed E-state index contributed by atoms with van der Waals surface area (Å²) in [5.74, 6) is 0. The van der Waals surface area contributed by atoms with Gasteiger partial charge in [0.25, 0.3) is 0 Å². The molecule has 0 rings (SSSR count). The van der Waals surface area contributed by atoms with Gasteiger partial charge < -0.3 is 29.2 Å². The van der Waals surface area contributed by atoms with E-state index in [1.54, 1.807) is 0 Å². The molecule has 0 aromatic heterocycles. The molecule has 0 aliphatic heterocycles. The van der Waals surface area contributed by atoms with Crippen molar-refractivity contribution >= 4 is 8.80 Å². The number of aliphatic hydroxyl groups excluding tert-OH is 2. The molecule has 0 amide bonds. The van der Waals surface area contributed by atoms with E-state index in [1.165, 1.54) is 0 Å². The van der Waals surface area contributed by atoms with Gasteiger partial charge in [-0.05, 0) is 40.2 Å². The third-order valence-electron chi connectivity index (χ3n) is 3.32. The van der Waals surface area contributed by atoms with Crippen LogP contribution in [0, 0.1) is 0 Å². The summed E-state index contributed by atoms with van der Waals surface area (Å²) in [6.07, 6.45) is 0.833. The third-order valence-corrected chi connectivity index (χ3v) is 6.92. The molecule has 0 aliphatic carbocycles. The zero-order chi connectivity index (χ0) is 15.6. The molecule has 4 N–H and O–H groups in total. The third kappa shape index (κ3) is 5.77. The lowest BCUT2D eigenvalue weighted by Crippen LogP contribution is -2.56. The summed E-state index contributed by atoms with van der Waals surface area (Å²) in [5, 5.41) is 18.5. The Labute approximate surface area is 123 Å². The summed E-state index contributed by atoms with van der Waals surface area (Å²) in [4.78, 5) is 0. The lowest BCUT2D eigenvalue weighted by atomic mass is 9.99. The van der Waals surface area contributed by atoms with Gasteiger partial charge in [0.15, 0.2) is 0 Å². The molecule has 0 spiro atoms. The average molecular weight is 309 g/mol. The summed E-state index contributed by atoms with van der Waals surface area (Å²) in [7, 11) is -2.96. The molecule has 0 radical (unpaired) electrons.